The highest BCUT2D eigenvalue weighted by Crippen LogP contribution is 2.26. The minimum Gasteiger partial charge on any atom is -0.391 e. The van der Waals surface area contributed by atoms with Gasteiger partial charge >= 0.3 is 0 Å². The lowest BCUT2D eigenvalue weighted by molar-refractivity contribution is 0.106. The molecule has 3 rings (SSSR count). The maximum Gasteiger partial charge on any atom is 0.129 e. The van der Waals surface area contributed by atoms with Crippen molar-refractivity contribution in [3.63, 3.8) is 0 Å². The van der Waals surface area contributed by atoms with E-state index < -0.39 is 0 Å². The van der Waals surface area contributed by atoms with Crippen LogP contribution in [0.15, 0.2) is 36.4 Å². The Kier molecular flexibility index (Phi) is 3.38. The van der Waals surface area contributed by atoms with Crippen molar-refractivity contribution in [2.75, 3.05) is 11.9 Å². The third-order valence-electron chi connectivity index (χ3n) is 4.14. The molecular formula is C16H20N2O. The molecule has 0 aliphatic heterocycles. The van der Waals surface area contributed by atoms with Crippen molar-refractivity contribution in [2.45, 2.75) is 37.8 Å². The van der Waals surface area contributed by atoms with Gasteiger partial charge in [0, 0.05) is 12.4 Å². The van der Waals surface area contributed by atoms with Crippen molar-refractivity contribution < 1.29 is 5.11 Å². The Morgan fingerprint density at radius 1 is 1.11 bits per heavy atom. The predicted molar refractivity (Wildman–Crippen MR) is 78.4 cm³/mol. The summed E-state index contributed by atoms with van der Waals surface area (Å²) in [4.78, 5) is 6.83. The maximum absolute atomic E-state index is 10.1. The molecule has 1 saturated carbocycles. The van der Waals surface area contributed by atoms with E-state index in [9.17, 15) is 5.11 Å². The molecule has 1 aliphatic carbocycles. The molecule has 0 bridgehead atoms. The zero-order valence-electron chi connectivity index (χ0n) is 11.3. The van der Waals surface area contributed by atoms with Crippen LogP contribution in [0.4, 0.5) is 5.82 Å². The summed E-state index contributed by atoms with van der Waals surface area (Å²) in [6.45, 7) is 0. The van der Waals surface area contributed by atoms with E-state index in [1.807, 2.05) is 31.3 Å². The van der Waals surface area contributed by atoms with E-state index in [0.29, 0.717) is 0 Å². The van der Waals surface area contributed by atoms with Gasteiger partial charge in [0.05, 0.1) is 17.7 Å². The minimum absolute atomic E-state index is 0.197. The van der Waals surface area contributed by atoms with Gasteiger partial charge in [0.1, 0.15) is 5.82 Å². The first-order valence-corrected chi connectivity index (χ1v) is 7.02. The third kappa shape index (κ3) is 2.43. The molecule has 1 N–H and O–H groups in total. The molecule has 100 valence electrons. The van der Waals surface area contributed by atoms with Crippen LogP contribution in [0, 0.1) is 0 Å². The average Bonchev–Trinajstić information content (AvgIpc) is 2.46. The zero-order valence-corrected chi connectivity index (χ0v) is 11.3. The van der Waals surface area contributed by atoms with Gasteiger partial charge in [0.2, 0.25) is 0 Å². The van der Waals surface area contributed by atoms with E-state index in [2.05, 4.69) is 17.0 Å². The van der Waals surface area contributed by atoms with Gasteiger partial charge in [0.25, 0.3) is 0 Å². The summed E-state index contributed by atoms with van der Waals surface area (Å²) >= 11 is 0. The lowest BCUT2D eigenvalue weighted by atomic mass is 9.91. The number of pyridine rings is 1. The lowest BCUT2D eigenvalue weighted by Gasteiger charge is -2.36. The van der Waals surface area contributed by atoms with Gasteiger partial charge in [-0.25, -0.2) is 4.98 Å². The number of para-hydroxylation sites is 1. The van der Waals surface area contributed by atoms with E-state index >= 15 is 0 Å². The van der Waals surface area contributed by atoms with Crippen molar-refractivity contribution in [1.29, 1.82) is 0 Å². The molecular weight excluding hydrogens is 236 g/mol. The molecule has 3 nitrogen and oxygen atoms in total. The molecule has 1 aliphatic rings. The number of nitrogens with zero attached hydrogens (tertiary/aromatic N) is 2. The summed E-state index contributed by atoms with van der Waals surface area (Å²) in [6, 6.07) is 12.5. The van der Waals surface area contributed by atoms with Crippen LogP contribution in [0.2, 0.25) is 0 Å². The number of aliphatic hydroxyl groups is 1. The summed E-state index contributed by atoms with van der Waals surface area (Å²) in [5.41, 5.74) is 1.01. The van der Waals surface area contributed by atoms with Crippen LogP contribution in [0.5, 0.6) is 0 Å². The Bertz CT molecular complexity index is 569. The average molecular weight is 256 g/mol. The molecule has 2 unspecified atom stereocenters. The Labute approximate surface area is 113 Å². The Morgan fingerprint density at radius 2 is 1.89 bits per heavy atom. The van der Waals surface area contributed by atoms with E-state index in [-0.39, 0.29) is 12.1 Å². The molecule has 2 atom stereocenters. The van der Waals surface area contributed by atoms with Crippen LogP contribution < -0.4 is 4.90 Å². The topological polar surface area (TPSA) is 36.4 Å². The van der Waals surface area contributed by atoms with Crippen LogP contribution >= 0.6 is 0 Å². The quantitative estimate of drug-likeness (QED) is 0.897. The van der Waals surface area contributed by atoms with Gasteiger partial charge in [-0.1, -0.05) is 31.0 Å². The Balaban J connectivity index is 1.90. The van der Waals surface area contributed by atoms with Crippen LogP contribution in [0.25, 0.3) is 10.9 Å². The van der Waals surface area contributed by atoms with Gasteiger partial charge < -0.3 is 10.0 Å². The molecule has 1 aromatic heterocycles. The third-order valence-corrected chi connectivity index (χ3v) is 4.14. The number of rotatable bonds is 2. The predicted octanol–water partition coefficient (Wildman–Crippen LogP) is 2.97. The Morgan fingerprint density at radius 3 is 2.74 bits per heavy atom. The first-order chi connectivity index (χ1) is 9.25. The standard InChI is InChI=1S/C16H20N2O/c1-18(14-8-4-5-9-15(14)19)16-11-10-12-6-2-3-7-13(12)17-16/h2-3,6-7,10-11,14-15,19H,4-5,8-9H2,1H3. The van der Waals surface area contributed by atoms with E-state index in [4.69, 9.17) is 4.98 Å². The van der Waals surface area contributed by atoms with Gasteiger partial charge in [-0.05, 0) is 31.0 Å². The highest BCUT2D eigenvalue weighted by molar-refractivity contribution is 5.80. The molecule has 1 fully saturated rings. The summed E-state index contributed by atoms with van der Waals surface area (Å²) < 4.78 is 0. The summed E-state index contributed by atoms with van der Waals surface area (Å²) in [5, 5.41) is 11.3. The number of aliphatic hydroxyl groups excluding tert-OH is 1. The van der Waals surface area contributed by atoms with Crippen molar-refractivity contribution >= 4 is 16.7 Å². The SMILES string of the molecule is CN(c1ccc2ccccc2n1)C1CCCCC1O. The number of anilines is 1. The van der Waals surface area contributed by atoms with Crippen LogP contribution in [-0.2, 0) is 0 Å². The van der Waals surface area contributed by atoms with E-state index in [0.717, 1.165) is 36.0 Å². The molecule has 0 spiro atoms. The van der Waals surface area contributed by atoms with Crippen LogP contribution in [0.1, 0.15) is 25.7 Å². The number of benzene rings is 1. The molecule has 19 heavy (non-hydrogen) atoms. The van der Waals surface area contributed by atoms with E-state index in [1.54, 1.807) is 0 Å². The first kappa shape index (κ1) is 12.4. The molecule has 2 aromatic rings. The van der Waals surface area contributed by atoms with Crippen molar-refractivity contribution in [3.8, 4) is 0 Å². The minimum atomic E-state index is -0.230. The highest BCUT2D eigenvalue weighted by Gasteiger charge is 2.27. The molecule has 0 saturated heterocycles. The smallest absolute Gasteiger partial charge is 0.129 e. The molecule has 1 aromatic carbocycles. The van der Waals surface area contributed by atoms with Gasteiger partial charge in [-0.3, -0.25) is 0 Å². The van der Waals surface area contributed by atoms with E-state index in [1.165, 1.54) is 6.42 Å². The normalized spacial score (nSPS) is 23.5. The number of fused-ring (bicyclic) bond motifs is 1. The first-order valence-electron chi connectivity index (χ1n) is 7.02. The van der Waals surface area contributed by atoms with Gasteiger partial charge in [0.15, 0.2) is 0 Å². The molecule has 1 heterocycles. The monoisotopic (exact) mass is 256 g/mol. The van der Waals surface area contributed by atoms with Crippen LogP contribution in [0.3, 0.4) is 0 Å². The second kappa shape index (κ2) is 5.17. The fourth-order valence-electron chi connectivity index (χ4n) is 2.97. The summed E-state index contributed by atoms with van der Waals surface area (Å²) in [5.74, 6) is 0.949. The Hall–Kier alpha value is -1.61. The number of likely N-dealkylation sites (N-methyl/N-ethyl adjacent to an activating group) is 1. The van der Waals surface area contributed by atoms with Crippen molar-refractivity contribution in [1.82, 2.24) is 4.98 Å². The molecule has 0 radical (unpaired) electrons. The fourth-order valence-corrected chi connectivity index (χ4v) is 2.97. The van der Waals surface area contributed by atoms with Crippen molar-refractivity contribution in [2.24, 2.45) is 0 Å². The van der Waals surface area contributed by atoms with Crippen LogP contribution in [-0.4, -0.2) is 29.3 Å². The number of hydrogen-bond acceptors (Lipinski definition) is 3. The largest absolute Gasteiger partial charge is 0.391 e. The second-order valence-electron chi connectivity index (χ2n) is 5.39. The van der Waals surface area contributed by atoms with Gasteiger partial charge in [-0.15, -0.1) is 0 Å². The molecule has 0 amide bonds. The molecule has 3 heteroatoms. The summed E-state index contributed by atoms with van der Waals surface area (Å²) in [7, 11) is 2.04. The zero-order chi connectivity index (χ0) is 13.2. The highest BCUT2D eigenvalue weighted by atomic mass is 16.3. The summed E-state index contributed by atoms with van der Waals surface area (Å²) in [6.07, 6.45) is 4.05. The maximum atomic E-state index is 10.1. The van der Waals surface area contributed by atoms with Crippen molar-refractivity contribution in [3.05, 3.63) is 36.4 Å². The van der Waals surface area contributed by atoms with Gasteiger partial charge in [-0.2, -0.15) is 0 Å². The number of aromatic nitrogens is 1. The second-order valence-corrected chi connectivity index (χ2v) is 5.39. The fraction of sp³-hybridized carbons (Fsp3) is 0.438. The lowest BCUT2D eigenvalue weighted by Crippen LogP contribution is -2.43. The number of hydrogen-bond donors (Lipinski definition) is 1.